The minimum absolute atomic E-state index is 0.220. The van der Waals surface area contributed by atoms with Crippen LogP contribution in [0, 0.1) is 0 Å². The standard InChI is InChI=1S/C18H39NO3/c1-2-3-4-5-6-7-8-9-10-11-12-13-14-22-17-18(19,15-20)16-21/h20-21H,2-17,19H2,1H3. The molecule has 0 aliphatic rings. The van der Waals surface area contributed by atoms with Crippen LogP contribution in [0.15, 0.2) is 0 Å². The Balaban J connectivity index is 3.14. The van der Waals surface area contributed by atoms with E-state index in [1.54, 1.807) is 0 Å². The van der Waals surface area contributed by atoms with E-state index in [0.29, 0.717) is 6.61 Å². The smallest absolute Gasteiger partial charge is 0.0859 e. The fraction of sp³-hybridized carbons (Fsp3) is 1.00. The Labute approximate surface area is 137 Å². The lowest BCUT2D eigenvalue weighted by molar-refractivity contribution is 0.0238. The summed E-state index contributed by atoms with van der Waals surface area (Å²) in [6.07, 6.45) is 15.9. The maximum absolute atomic E-state index is 9.02. The average molecular weight is 318 g/mol. The van der Waals surface area contributed by atoms with Gasteiger partial charge in [0.1, 0.15) is 0 Å². The zero-order valence-electron chi connectivity index (χ0n) is 14.7. The molecule has 0 aliphatic heterocycles. The highest BCUT2D eigenvalue weighted by molar-refractivity contribution is 4.81. The summed E-state index contributed by atoms with van der Waals surface area (Å²) >= 11 is 0. The van der Waals surface area contributed by atoms with Crippen LogP contribution in [0.25, 0.3) is 0 Å². The van der Waals surface area contributed by atoms with E-state index < -0.39 is 5.54 Å². The van der Waals surface area contributed by atoms with Gasteiger partial charge in [-0.1, -0.05) is 77.6 Å². The van der Waals surface area contributed by atoms with Crippen molar-refractivity contribution in [3.05, 3.63) is 0 Å². The van der Waals surface area contributed by atoms with Crippen molar-refractivity contribution in [1.29, 1.82) is 0 Å². The van der Waals surface area contributed by atoms with E-state index in [1.807, 2.05) is 0 Å². The van der Waals surface area contributed by atoms with Gasteiger partial charge in [0, 0.05) is 6.61 Å². The van der Waals surface area contributed by atoms with Gasteiger partial charge in [-0.05, 0) is 6.42 Å². The Hall–Kier alpha value is -0.160. The lowest BCUT2D eigenvalue weighted by Gasteiger charge is -2.24. The van der Waals surface area contributed by atoms with Crippen molar-refractivity contribution >= 4 is 0 Å². The normalized spacial score (nSPS) is 12.0. The number of unbranched alkanes of at least 4 members (excludes halogenated alkanes) is 11. The summed E-state index contributed by atoms with van der Waals surface area (Å²) in [4.78, 5) is 0. The summed E-state index contributed by atoms with van der Waals surface area (Å²) in [6.45, 7) is 2.65. The van der Waals surface area contributed by atoms with Crippen LogP contribution in [0.4, 0.5) is 0 Å². The van der Waals surface area contributed by atoms with E-state index in [4.69, 9.17) is 20.7 Å². The van der Waals surface area contributed by atoms with Crippen LogP contribution in [-0.2, 0) is 4.74 Å². The molecule has 0 aromatic heterocycles. The summed E-state index contributed by atoms with van der Waals surface area (Å²) in [7, 11) is 0. The predicted octanol–water partition coefficient (Wildman–Crippen LogP) is 3.39. The highest BCUT2D eigenvalue weighted by Gasteiger charge is 2.22. The third kappa shape index (κ3) is 13.5. The van der Waals surface area contributed by atoms with Crippen molar-refractivity contribution < 1.29 is 14.9 Å². The van der Waals surface area contributed by atoms with Crippen LogP contribution in [0.1, 0.15) is 84.0 Å². The molecule has 0 bridgehead atoms. The second kappa shape index (κ2) is 15.7. The molecule has 4 nitrogen and oxygen atoms in total. The molecule has 0 saturated heterocycles. The Morgan fingerprint density at radius 3 is 1.55 bits per heavy atom. The minimum Gasteiger partial charge on any atom is -0.394 e. The van der Waals surface area contributed by atoms with E-state index in [-0.39, 0.29) is 19.8 Å². The first-order valence-electron chi connectivity index (χ1n) is 9.27. The van der Waals surface area contributed by atoms with E-state index >= 15 is 0 Å². The zero-order valence-corrected chi connectivity index (χ0v) is 14.7. The summed E-state index contributed by atoms with van der Waals surface area (Å²) in [6, 6.07) is 0. The average Bonchev–Trinajstić information content (AvgIpc) is 2.55. The largest absolute Gasteiger partial charge is 0.394 e. The Bertz CT molecular complexity index is 220. The monoisotopic (exact) mass is 317 g/mol. The second-order valence-corrected chi connectivity index (χ2v) is 6.62. The predicted molar refractivity (Wildman–Crippen MR) is 93.0 cm³/mol. The van der Waals surface area contributed by atoms with Crippen molar-refractivity contribution in [3.8, 4) is 0 Å². The van der Waals surface area contributed by atoms with Crippen LogP contribution in [-0.4, -0.2) is 42.2 Å². The molecule has 0 heterocycles. The van der Waals surface area contributed by atoms with Crippen LogP contribution >= 0.6 is 0 Å². The Morgan fingerprint density at radius 1 is 0.727 bits per heavy atom. The summed E-state index contributed by atoms with van der Waals surface area (Å²) < 4.78 is 5.43. The maximum atomic E-state index is 9.02. The van der Waals surface area contributed by atoms with Gasteiger partial charge in [0.15, 0.2) is 0 Å². The first-order valence-corrected chi connectivity index (χ1v) is 9.27. The highest BCUT2D eigenvalue weighted by atomic mass is 16.5. The SMILES string of the molecule is CCCCCCCCCCCCCCOCC(N)(CO)CO. The van der Waals surface area contributed by atoms with Gasteiger partial charge in [-0.3, -0.25) is 0 Å². The van der Waals surface area contributed by atoms with Crippen molar-refractivity contribution in [2.24, 2.45) is 5.73 Å². The first-order chi connectivity index (χ1) is 10.7. The van der Waals surface area contributed by atoms with Crippen LogP contribution < -0.4 is 5.73 Å². The lowest BCUT2D eigenvalue weighted by atomic mass is 10.1. The van der Waals surface area contributed by atoms with Crippen molar-refractivity contribution in [1.82, 2.24) is 0 Å². The van der Waals surface area contributed by atoms with Crippen LogP contribution in [0.3, 0.4) is 0 Å². The molecule has 0 aliphatic carbocycles. The number of ether oxygens (including phenoxy) is 1. The van der Waals surface area contributed by atoms with Crippen molar-refractivity contribution in [3.63, 3.8) is 0 Å². The minimum atomic E-state index is -0.989. The third-order valence-corrected chi connectivity index (χ3v) is 4.16. The molecule has 0 unspecified atom stereocenters. The molecule has 0 aromatic rings. The molecule has 0 aromatic carbocycles. The molecule has 0 atom stereocenters. The molecule has 0 amide bonds. The fourth-order valence-corrected chi connectivity index (χ4v) is 2.46. The van der Waals surface area contributed by atoms with Gasteiger partial charge in [0.25, 0.3) is 0 Å². The van der Waals surface area contributed by atoms with E-state index in [2.05, 4.69) is 6.92 Å². The number of nitrogens with two attached hydrogens (primary N) is 1. The topological polar surface area (TPSA) is 75.7 Å². The highest BCUT2D eigenvalue weighted by Crippen LogP contribution is 2.12. The third-order valence-electron chi connectivity index (χ3n) is 4.16. The van der Waals surface area contributed by atoms with Crippen LogP contribution in [0.2, 0.25) is 0 Å². The number of hydrogen-bond acceptors (Lipinski definition) is 4. The van der Waals surface area contributed by atoms with Gasteiger partial charge in [0.05, 0.1) is 25.4 Å². The van der Waals surface area contributed by atoms with E-state index in [0.717, 1.165) is 6.42 Å². The maximum Gasteiger partial charge on any atom is 0.0859 e. The number of aliphatic hydroxyl groups excluding tert-OH is 2. The molecule has 0 spiro atoms. The zero-order chi connectivity index (χ0) is 16.5. The van der Waals surface area contributed by atoms with Crippen LogP contribution in [0.5, 0.6) is 0 Å². The van der Waals surface area contributed by atoms with Crippen molar-refractivity contribution in [2.75, 3.05) is 26.4 Å². The molecule has 134 valence electrons. The number of aliphatic hydroxyl groups is 2. The Morgan fingerprint density at radius 2 is 1.14 bits per heavy atom. The first kappa shape index (κ1) is 21.8. The van der Waals surface area contributed by atoms with Gasteiger partial charge in [-0.15, -0.1) is 0 Å². The Kier molecular flexibility index (Phi) is 15.6. The molecule has 0 radical (unpaired) electrons. The van der Waals surface area contributed by atoms with Gasteiger partial charge in [-0.25, -0.2) is 0 Å². The van der Waals surface area contributed by atoms with E-state index in [9.17, 15) is 0 Å². The lowest BCUT2D eigenvalue weighted by Crippen LogP contribution is -2.51. The summed E-state index contributed by atoms with van der Waals surface area (Å²) in [5, 5.41) is 18.0. The van der Waals surface area contributed by atoms with Gasteiger partial charge < -0.3 is 20.7 Å². The fourth-order valence-electron chi connectivity index (χ4n) is 2.46. The molecule has 22 heavy (non-hydrogen) atoms. The van der Waals surface area contributed by atoms with Gasteiger partial charge in [-0.2, -0.15) is 0 Å². The number of hydrogen-bond donors (Lipinski definition) is 3. The molecule has 0 saturated carbocycles. The summed E-state index contributed by atoms with van der Waals surface area (Å²) in [5.41, 5.74) is 4.73. The van der Waals surface area contributed by atoms with Gasteiger partial charge in [0.2, 0.25) is 0 Å². The molecule has 0 fully saturated rings. The molecular weight excluding hydrogens is 278 g/mol. The number of rotatable bonds is 17. The quantitative estimate of drug-likeness (QED) is 0.359. The van der Waals surface area contributed by atoms with Crippen molar-refractivity contribution in [2.45, 2.75) is 89.5 Å². The molecule has 4 N–H and O–H groups in total. The van der Waals surface area contributed by atoms with E-state index in [1.165, 1.54) is 70.6 Å². The molecule has 0 rings (SSSR count). The summed E-state index contributed by atoms with van der Waals surface area (Å²) in [5.74, 6) is 0. The molecule has 4 heteroatoms. The second-order valence-electron chi connectivity index (χ2n) is 6.62. The van der Waals surface area contributed by atoms with Gasteiger partial charge >= 0.3 is 0 Å². The molecular formula is C18H39NO3.